The van der Waals surface area contributed by atoms with Crippen molar-refractivity contribution < 1.29 is 9.47 Å². The van der Waals surface area contributed by atoms with Crippen LogP contribution in [0.3, 0.4) is 0 Å². The third kappa shape index (κ3) is 5.23. The van der Waals surface area contributed by atoms with Crippen molar-refractivity contribution in [1.82, 2.24) is 0 Å². The van der Waals surface area contributed by atoms with Crippen LogP contribution in [0.25, 0.3) is 0 Å². The molecule has 0 bridgehead atoms. The van der Waals surface area contributed by atoms with Crippen LogP contribution in [0.5, 0.6) is 0 Å². The lowest BCUT2D eigenvalue weighted by Crippen LogP contribution is -2.15. The summed E-state index contributed by atoms with van der Waals surface area (Å²) in [5.41, 5.74) is 0. The van der Waals surface area contributed by atoms with Crippen LogP contribution < -0.4 is 0 Å². The van der Waals surface area contributed by atoms with Crippen LogP contribution in [0.2, 0.25) is 0 Å². The molecule has 0 saturated carbocycles. The summed E-state index contributed by atoms with van der Waals surface area (Å²) in [6, 6.07) is 0. The smallest absolute Gasteiger partial charge is 0.0809 e. The van der Waals surface area contributed by atoms with Gasteiger partial charge in [0.2, 0.25) is 0 Å². The molecule has 0 spiro atoms. The van der Waals surface area contributed by atoms with Gasteiger partial charge in [0.25, 0.3) is 0 Å². The molecule has 1 saturated heterocycles. The summed E-state index contributed by atoms with van der Waals surface area (Å²) >= 11 is 4.22. The van der Waals surface area contributed by atoms with Gasteiger partial charge < -0.3 is 9.47 Å². The number of hydrogen-bond donors (Lipinski definition) is 1. The quantitative estimate of drug-likeness (QED) is 0.523. The van der Waals surface area contributed by atoms with Gasteiger partial charge in [0, 0.05) is 13.2 Å². The van der Waals surface area contributed by atoms with Crippen LogP contribution in [-0.2, 0) is 9.47 Å². The lowest BCUT2D eigenvalue weighted by Gasteiger charge is -2.12. The minimum atomic E-state index is 0.371. The summed E-state index contributed by atoms with van der Waals surface area (Å²) in [6.07, 6.45) is 5.07. The Morgan fingerprint density at radius 2 is 2.36 bits per heavy atom. The van der Waals surface area contributed by atoms with Crippen molar-refractivity contribution in [2.75, 3.05) is 25.6 Å². The van der Waals surface area contributed by atoms with Gasteiger partial charge >= 0.3 is 0 Å². The van der Waals surface area contributed by atoms with E-state index in [2.05, 4.69) is 19.6 Å². The first kappa shape index (κ1) is 12.3. The predicted octanol–water partition coefficient (Wildman–Crippen LogP) is 2.53. The Labute approximate surface area is 92.8 Å². The zero-order chi connectivity index (χ0) is 10.2. The molecule has 0 aromatic carbocycles. The van der Waals surface area contributed by atoms with Crippen molar-refractivity contribution in [2.24, 2.45) is 5.92 Å². The molecule has 1 rings (SSSR count). The van der Waals surface area contributed by atoms with E-state index in [1.807, 2.05) is 0 Å². The van der Waals surface area contributed by atoms with Gasteiger partial charge in [-0.15, -0.1) is 0 Å². The largest absolute Gasteiger partial charge is 0.379 e. The molecule has 1 fully saturated rings. The molecule has 1 heterocycles. The van der Waals surface area contributed by atoms with Crippen LogP contribution in [0, 0.1) is 5.92 Å². The average molecular weight is 218 g/mol. The van der Waals surface area contributed by atoms with Crippen LogP contribution in [-0.4, -0.2) is 31.7 Å². The minimum Gasteiger partial charge on any atom is -0.379 e. The zero-order valence-electron chi connectivity index (χ0n) is 9.08. The number of hydrogen-bond acceptors (Lipinski definition) is 3. The molecule has 0 N–H and O–H groups in total. The molecule has 1 aliphatic rings. The Kier molecular flexibility index (Phi) is 6.65. The van der Waals surface area contributed by atoms with Crippen molar-refractivity contribution in [3.8, 4) is 0 Å². The fraction of sp³-hybridized carbons (Fsp3) is 1.00. The molecule has 0 amide bonds. The Bertz CT molecular complexity index is 135. The Morgan fingerprint density at radius 1 is 1.50 bits per heavy atom. The van der Waals surface area contributed by atoms with Crippen LogP contribution >= 0.6 is 12.6 Å². The SMILES string of the molecule is CC(CCS)CCOCC1CCCO1. The molecule has 3 heteroatoms. The summed E-state index contributed by atoms with van der Waals surface area (Å²) in [5, 5.41) is 0. The third-order valence-corrected chi connectivity index (χ3v) is 2.96. The predicted molar refractivity (Wildman–Crippen MR) is 62.0 cm³/mol. The van der Waals surface area contributed by atoms with Gasteiger partial charge in [-0.1, -0.05) is 6.92 Å². The first-order chi connectivity index (χ1) is 6.83. The molecular formula is C11H22O2S. The third-order valence-electron chi connectivity index (χ3n) is 2.70. The van der Waals surface area contributed by atoms with Crippen LogP contribution in [0.4, 0.5) is 0 Å². The zero-order valence-corrected chi connectivity index (χ0v) is 9.97. The van der Waals surface area contributed by atoms with E-state index in [0.717, 1.165) is 37.9 Å². The van der Waals surface area contributed by atoms with Crippen LogP contribution in [0.1, 0.15) is 32.6 Å². The van der Waals surface area contributed by atoms with Gasteiger partial charge in [0.15, 0.2) is 0 Å². The van der Waals surface area contributed by atoms with E-state index in [0.29, 0.717) is 6.10 Å². The van der Waals surface area contributed by atoms with Crippen molar-refractivity contribution >= 4 is 12.6 Å². The molecular weight excluding hydrogens is 196 g/mol. The second-order valence-electron chi connectivity index (χ2n) is 4.12. The second-order valence-corrected chi connectivity index (χ2v) is 4.56. The molecule has 0 aliphatic carbocycles. The fourth-order valence-corrected chi connectivity index (χ4v) is 2.08. The number of rotatable bonds is 7. The van der Waals surface area contributed by atoms with Crippen molar-refractivity contribution in [3.63, 3.8) is 0 Å². The summed E-state index contributed by atoms with van der Waals surface area (Å²) in [6.45, 7) is 4.83. The second kappa shape index (κ2) is 7.55. The highest BCUT2D eigenvalue weighted by Gasteiger charge is 2.15. The van der Waals surface area contributed by atoms with E-state index in [1.54, 1.807) is 0 Å². The van der Waals surface area contributed by atoms with Gasteiger partial charge in [-0.2, -0.15) is 12.6 Å². The van der Waals surface area contributed by atoms with Crippen molar-refractivity contribution in [1.29, 1.82) is 0 Å². The van der Waals surface area contributed by atoms with E-state index in [-0.39, 0.29) is 0 Å². The molecule has 2 atom stereocenters. The molecule has 0 radical (unpaired) electrons. The summed E-state index contributed by atoms with van der Waals surface area (Å²) in [4.78, 5) is 0. The maximum absolute atomic E-state index is 5.58. The highest BCUT2D eigenvalue weighted by molar-refractivity contribution is 7.80. The molecule has 14 heavy (non-hydrogen) atoms. The van der Waals surface area contributed by atoms with E-state index in [9.17, 15) is 0 Å². The monoisotopic (exact) mass is 218 g/mol. The topological polar surface area (TPSA) is 18.5 Å². The van der Waals surface area contributed by atoms with E-state index in [4.69, 9.17) is 9.47 Å². The van der Waals surface area contributed by atoms with E-state index in [1.165, 1.54) is 19.3 Å². The molecule has 84 valence electrons. The number of thiol groups is 1. The first-order valence-corrected chi connectivity index (χ1v) is 6.26. The normalized spacial score (nSPS) is 24.0. The lowest BCUT2D eigenvalue weighted by atomic mass is 10.1. The maximum atomic E-state index is 5.58. The van der Waals surface area contributed by atoms with Gasteiger partial charge in [-0.25, -0.2) is 0 Å². The fourth-order valence-electron chi connectivity index (χ4n) is 1.64. The highest BCUT2D eigenvalue weighted by Crippen LogP contribution is 2.13. The Balaban J connectivity index is 1.88. The van der Waals surface area contributed by atoms with Crippen molar-refractivity contribution in [3.05, 3.63) is 0 Å². The Morgan fingerprint density at radius 3 is 3.00 bits per heavy atom. The van der Waals surface area contributed by atoms with Crippen molar-refractivity contribution in [2.45, 2.75) is 38.7 Å². The number of ether oxygens (including phenoxy) is 2. The first-order valence-electron chi connectivity index (χ1n) is 5.63. The minimum absolute atomic E-state index is 0.371. The molecule has 0 aromatic rings. The van der Waals surface area contributed by atoms with Crippen LogP contribution in [0.15, 0.2) is 0 Å². The molecule has 2 nitrogen and oxygen atoms in total. The van der Waals surface area contributed by atoms with E-state index < -0.39 is 0 Å². The standard InChI is InChI=1S/C11H22O2S/c1-10(5-8-14)4-7-12-9-11-3-2-6-13-11/h10-11,14H,2-9H2,1H3. The molecule has 0 aromatic heterocycles. The molecule has 1 aliphatic heterocycles. The molecule has 2 unspecified atom stereocenters. The van der Waals surface area contributed by atoms with Gasteiger partial charge in [0.1, 0.15) is 0 Å². The average Bonchev–Trinajstić information content (AvgIpc) is 2.65. The maximum Gasteiger partial charge on any atom is 0.0809 e. The summed E-state index contributed by atoms with van der Waals surface area (Å²) in [7, 11) is 0. The highest BCUT2D eigenvalue weighted by atomic mass is 32.1. The Hall–Kier alpha value is 0.270. The van der Waals surface area contributed by atoms with Gasteiger partial charge in [0.05, 0.1) is 12.7 Å². The van der Waals surface area contributed by atoms with Gasteiger partial charge in [-0.05, 0) is 37.4 Å². The lowest BCUT2D eigenvalue weighted by molar-refractivity contribution is 0.0137. The van der Waals surface area contributed by atoms with E-state index >= 15 is 0 Å². The van der Waals surface area contributed by atoms with Gasteiger partial charge in [-0.3, -0.25) is 0 Å². The summed E-state index contributed by atoms with van der Waals surface area (Å²) < 4.78 is 11.1. The summed E-state index contributed by atoms with van der Waals surface area (Å²) in [5.74, 6) is 1.71.